The van der Waals surface area contributed by atoms with Gasteiger partial charge in [-0.2, -0.15) is 0 Å². The first-order chi connectivity index (χ1) is 11.9. The Bertz CT molecular complexity index is 711. The quantitative estimate of drug-likeness (QED) is 0.622. The third-order valence-electron chi connectivity index (χ3n) is 3.83. The van der Waals surface area contributed by atoms with Crippen molar-refractivity contribution < 1.29 is 19.8 Å². The number of hydrogen-bond acceptors (Lipinski definition) is 3. The number of aromatic carboxylic acids is 1. The van der Waals surface area contributed by atoms with Crippen LogP contribution in [0.15, 0.2) is 48.5 Å². The molecule has 0 spiro atoms. The van der Waals surface area contributed by atoms with E-state index in [1.165, 1.54) is 12.1 Å². The molecule has 0 heterocycles. The average Bonchev–Trinajstić information content (AvgIpc) is 2.60. The first kappa shape index (κ1) is 18.3. The molecular weight excluding hydrogens is 320 g/mol. The van der Waals surface area contributed by atoms with Crippen molar-refractivity contribution in [1.29, 1.82) is 0 Å². The minimum atomic E-state index is -0.972. The lowest BCUT2D eigenvalue weighted by atomic mass is 10.1. The molecule has 0 aromatic heterocycles. The SMILES string of the molecule is CC(CCc1ccc(O)cc1)NC(=O)NCc1ccc(C(=O)O)cc1. The summed E-state index contributed by atoms with van der Waals surface area (Å²) in [5.41, 5.74) is 2.15. The molecule has 0 bridgehead atoms. The number of phenolic OH excluding ortho intramolecular Hbond substituents is 1. The largest absolute Gasteiger partial charge is 0.508 e. The summed E-state index contributed by atoms with van der Waals surface area (Å²) in [4.78, 5) is 22.7. The van der Waals surface area contributed by atoms with Gasteiger partial charge in [0.15, 0.2) is 0 Å². The van der Waals surface area contributed by atoms with E-state index in [2.05, 4.69) is 10.6 Å². The molecule has 0 saturated heterocycles. The molecule has 2 aromatic rings. The number of carbonyl (C=O) groups is 2. The van der Waals surface area contributed by atoms with Gasteiger partial charge >= 0.3 is 12.0 Å². The lowest BCUT2D eigenvalue weighted by Crippen LogP contribution is -2.40. The Hall–Kier alpha value is -3.02. The summed E-state index contributed by atoms with van der Waals surface area (Å²) >= 11 is 0. The first-order valence-electron chi connectivity index (χ1n) is 8.08. The van der Waals surface area contributed by atoms with Crippen LogP contribution >= 0.6 is 0 Å². The topological polar surface area (TPSA) is 98.7 Å². The van der Waals surface area contributed by atoms with Gasteiger partial charge in [0.05, 0.1) is 5.56 Å². The number of hydrogen-bond donors (Lipinski definition) is 4. The van der Waals surface area contributed by atoms with Gasteiger partial charge in [-0.1, -0.05) is 24.3 Å². The average molecular weight is 342 g/mol. The monoisotopic (exact) mass is 342 g/mol. The molecule has 1 unspecified atom stereocenters. The molecule has 6 nitrogen and oxygen atoms in total. The number of carboxylic acids is 1. The number of phenols is 1. The fourth-order valence-corrected chi connectivity index (χ4v) is 2.34. The van der Waals surface area contributed by atoms with Gasteiger partial charge in [-0.25, -0.2) is 9.59 Å². The summed E-state index contributed by atoms with van der Waals surface area (Å²) in [6.07, 6.45) is 1.59. The third-order valence-corrected chi connectivity index (χ3v) is 3.83. The van der Waals surface area contributed by atoms with Crippen LogP contribution in [0.5, 0.6) is 5.75 Å². The maximum Gasteiger partial charge on any atom is 0.335 e. The molecule has 0 fully saturated rings. The van der Waals surface area contributed by atoms with E-state index in [4.69, 9.17) is 5.11 Å². The smallest absolute Gasteiger partial charge is 0.335 e. The second-order valence-corrected chi connectivity index (χ2v) is 5.94. The van der Waals surface area contributed by atoms with Gasteiger partial charge in [0.2, 0.25) is 0 Å². The molecule has 2 rings (SSSR count). The maximum absolute atomic E-state index is 11.9. The van der Waals surface area contributed by atoms with Crippen LogP contribution in [0.4, 0.5) is 4.79 Å². The number of carbonyl (C=O) groups excluding carboxylic acids is 1. The van der Waals surface area contributed by atoms with E-state index in [0.29, 0.717) is 6.54 Å². The summed E-state index contributed by atoms with van der Waals surface area (Å²) in [5, 5.41) is 23.7. The fraction of sp³-hybridized carbons (Fsp3) is 0.263. The van der Waals surface area contributed by atoms with Crippen molar-refractivity contribution in [2.24, 2.45) is 0 Å². The molecule has 25 heavy (non-hydrogen) atoms. The summed E-state index contributed by atoms with van der Waals surface area (Å²) in [7, 11) is 0. The second kappa shape index (κ2) is 8.73. The summed E-state index contributed by atoms with van der Waals surface area (Å²) in [6, 6.07) is 13.1. The lowest BCUT2D eigenvalue weighted by molar-refractivity contribution is 0.0697. The molecule has 6 heteroatoms. The number of benzene rings is 2. The summed E-state index contributed by atoms with van der Waals surface area (Å²) < 4.78 is 0. The molecule has 0 aliphatic rings. The molecule has 0 radical (unpaired) electrons. The lowest BCUT2D eigenvalue weighted by Gasteiger charge is -2.15. The number of carboxylic acid groups (broad SMARTS) is 1. The van der Waals surface area contributed by atoms with Crippen LogP contribution in [0.1, 0.15) is 34.8 Å². The number of aromatic hydroxyl groups is 1. The van der Waals surface area contributed by atoms with Gasteiger partial charge < -0.3 is 20.8 Å². The maximum atomic E-state index is 11.9. The van der Waals surface area contributed by atoms with Crippen molar-refractivity contribution in [3.63, 3.8) is 0 Å². The van der Waals surface area contributed by atoms with Crippen LogP contribution in [0.3, 0.4) is 0 Å². The Balaban J connectivity index is 1.71. The van der Waals surface area contributed by atoms with Crippen molar-refractivity contribution >= 4 is 12.0 Å². The highest BCUT2D eigenvalue weighted by atomic mass is 16.4. The highest BCUT2D eigenvalue weighted by Gasteiger charge is 2.08. The predicted molar refractivity (Wildman–Crippen MR) is 94.7 cm³/mol. The molecule has 0 aliphatic heterocycles. The summed E-state index contributed by atoms with van der Waals surface area (Å²) in [5.74, 6) is -0.731. The molecule has 0 saturated carbocycles. The number of rotatable bonds is 7. The van der Waals surface area contributed by atoms with Crippen LogP contribution < -0.4 is 10.6 Å². The minimum Gasteiger partial charge on any atom is -0.508 e. The highest BCUT2D eigenvalue weighted by molar-refractivity contribution is 5.87. The van der Waals surface area contributed by atoms with Crippen molar-refractivity contribution in [3.05, 3.63) is 65.2 Å². The summed E-state index contributed by atoms with van der Waals surface area (Å²) in [6.45, 7) is 2.26. The van der Waals surface area contributed by atoms with E-state index in [1.807, 2.05) is 19.1 Å². The fourth-order valence-electron chi connectivity index (χ4n) is 2.34. The van der Waals surface area contributed by atoms with Gasteiger partial charge in [-0.15, -0.1) is 0 Å². The van der Waals surface area contributed by atoms with Crippen LogP contribution in [0.2, 0.25) is 0 Å². The molecular formula is C19H22N2O4. The number of urea groups is 1. The van der Waals surface area contributed by atoms with Crippen LogP contribution in [-0.4, -0.2) is 28.3 Å². The zero-order chi connectivity index (χ0) is 18.2. The Morgan fingerprint density at radius 1 is 1.00 bits per heavy atom. The van der Waals surface area contributed by atoms with Gasteiger partial charge in [0.25, 0.3) is 0 Å². The molecule has 132 valence electrons. The third kappa shape index (κ3) is 6.18. The number of amides is 2. The van der Waals surface area contributed by atoms with Crippen LogP contribution in [0.25, 0.3) is 0 Å². The number of nitrogens with one attached hydrogen (secondary N) is 2. The van der Waals surface area contributed by atoms with E-state index in [1.54, 1.807) is 24.3 Å². The molecule has 2 amide bonds. The molecule has 0 aliphatic carbocycles. The van der Waals surface area contributed by atoms with E-state index < -0.39 is 5.97 Å². The van der Waals surface area contributed by atoms with Crippen molar-refractivity contribution in [1.82, 2.24) is 10.6 Å². The number of aryl methyl sites for hydroxylation is 1. The normalized spacial score (nSPS) is 11.6. The van der Waals surface area contributed by atoms with Crippen molar-refractivity contribution in [2.45, 2.75) is 32.4 Å². The molecule has 1 atom stereocenters. The zero-order valence-electron chi connectivity index (χ0n) is 14.0. The van der Waals surface area contributed by atoms with Crippen molar-refractivity contribution in [2.75, 3.05) is 0 Å². The minimum absolute atomic E-state index is 0.00295. The van der Waals surface area contributed by atoms with E-state index in [0.717, 1.165) is 24.0 Å². The van der Waals surface area contributed by atoms with E-state index in [-0.39, 0.29) is 23.4 Å². The molecule has 2 aromatic carbocycles. The standard InChI is InChI=1S/C19H22N2O4/c1-13(2-3-14-6-10-17(22)11-7-14)21-19(25)20-12-15-4-8-16(9-5-15)18(23)24/h4-11,13,22H,2-3,12H2,1H3,(H,23,24)(H2,20,21,25). The Kier molecular flexibility index (Phi) is 6.39. The Labute approximate surface area is 146 Å². The highest BCUT2D eigenvalue weighted by Crippen LogP contribution is 2.12. The van der Waals surface area contributed by atoms with Crippen LogP contribution in [-0.2, 0) is 13.0 Å². The van der Waals surface area contributed by atoms with Gasteiger partial charge in [-0.3, -0.25) is 0 Å². The van der Waals surface area contributed by atoms with E-state index >= 15 is 0 Å². The Morgan fingerprint density at radius 2 is 1.60 bits per heavy atom. The Morgan fingerprint density at radius 3 is 2.20 bits per heavy atom. The second-order valence-electron chi connectivity index (χ2n) is 5.94. The van der Waals surface area contributed by atoms with Gasteiger partial charge in [-0.05, 0) is 55.2 Å². The van der Waals surface area contributed by atoms with Gasteiger partial charge in [0, 0.05) is 12.6 Å². The zero-order valence-corrected chi connectivity index (χ0v) is 14.0. The first-order valence-corrected chi connectivity index (χ1v) is 8.08. The predicted octanol–water partition coefficient (Wildman–Crippen LogP) is 2.91. The van der Waals surface area contributed by atoms with E-state index in [9.17, 15) is 14.7 Å². The van der Waals surface area contributed by atoms with Crippen LogP contribution in [0, 0.1) is 0 Å². The van der Waals surface area contributed by atoms with Gasteiger partial charge in [0.1, 0.15) is 5.75 Å². The van der Waals surface area contributed by atoms with Crippen molar-refractivity contribution in [3.8, 4) is 5.75 Å². The molecule has 4 N–H and O–H groups in total.